The molecule has 0 spiro atoms. The summed E-state index contributed by atoms with van der Waals surface area (Å²) in [6, 6.07) is 16.3. The van der Waals surface area contributed by atoms with Crippen molar-refractivity contribution in [3.63, 3.8) is 0 Å². The standard InChI is InChI=1S/C21H21FN2OS/c1-15(17-8-10-18(22)11-9-17)24(2)21(25)13-19-14-26-20(23-19)12-16-6-4-3-5-7-16/h3-11,14-15H,12-13H2,1-2H3. The largest absolute Gasteiger partial charge is 0.339 e. The van der Waals surface area contributed by atoms with Crippen molar-refractivity contribution in [2.75, 3.05) is 7.05 Å². The summed E-state index contributed by atoms with van der Waals surface area (Å²) in [6.07, 6.45) is 1.05. The van der Waals surface area contributed by atoms with Gasteiger partial charge in [0.15, 0.2) is 0 Å². The van der Waals surface area contributed by atoms with Gasteiger partial charge in [0, 0.05) is 18.8 Å². The summed E-state index contributed by atoms with van der Waals surface area (Å²) in [4.78, 5) is 18.9. The minimum absolute atomic E-state index is 0.00149. The van der Waals surface area contributed by atoms with Crippen LogP contribution in [-0.2, 0) is 17.6 Å². The summed E-state index contributed by atoms with van der Waals surface area (Å²) in [5.41, 5.74) is 2.91. The molecule has 134 valence electrons. The highest BCUT2D eigenvalue weighted by atomic mass is 32.1. The fourth-order valence-electron chi connectivity index (χ4n) is 2.74. The van der Waals surface area contributed by atoms with Crippen LogP contribution in [-0.4, -0.2) is 22.8 Å². The minimum Gasteiger partial charge on any atom is -0.339 e. The van der Waals surface area contributed by atoms with E-state index in [1.807, 2.05) is 30.5 Å². The van der Waals surface area contributed by atoms with Gasteiger partial charge in [0.25, 0.3) is 0 Å². The Morgan fingerprint density at radius 1 is 1.15 bits per heavy atom. The van der Waals surface area contributed by atoms with Gasteiger partial charge >= 0.3 is 0 Å². The van der Waals surface area contributed by atoms with Crippen molar-refractivity contribution < 1.29 is 9.18 Å². The molecular formula is C21H21FN2OS. The maximum Gasteiger partial charge on any atom is 0.228 e. The molecule has 0 radical (unpaired) electrons. The van der Waals surface area contributed by atoms with Crippen LogP contribution >= 0.6 is 11.3 Å². The number of amides is 1. The molecule has 0 bridgehead atoms. The predicted molar refractivity (Wildman–Crippen MR) is 103 cm³/mol. The molecule has 2 aromatic carbocycles. The first-order valence-electron chi connectivity index (χ1n) is 8.51. The van der Waals surface area contributed by atoms with Crippen molar-refractivity contribution in [3.05, 3.63) is 87.6 Å². The Morgan fingerprint density at radius 3 is 2.54 bits per heavy atom. The van der Waals surface area contributed by atoms with Crippen LogP contribution in [0, 0.1) is 5.82 Å². The van der Waals surface area contributed by atoms with Crippen LogP contribution < -0.4 is 0 Å². The van der Waals surface area contributed by atoms with Gasteiger partial charge < -0.3 is 4.90 Å². The van der Waals surface area contributed by atoms with Gasteiger partial charge in [-0.05, 0) is 30.2 Å². The second-order valence-corrected chi connectivity index (χ2v) is 7.25. The Hall–Kier alpha value is -2.53. The van der Waals surface area contributed by atoms with Crippen molar-refractivity contribution >= 4 is 17.2 Å². The smallest absolute Gasteiger partial charge is 0.228 e. The maximum absolute atomic E-state index is 13.1. The zero-order valence-corrected chi connectivity index (χ0v) is 15.7. The van der Waals surface area contributed by atoms with E-state index in [4.69, 9.17) is 0 Å². The summed E-state index contributed by atoms with van der Waals surface area (Å²) in [7, 11) is 1.77. The Balaban J connectivity index is 1.61. The molecule has 1 amide bonds. The Kier molecular flexibility index (Phi) is 5.78. The average Bonchev–Trinajstić information content (AvgIpc) is 3.08. The lowest BCUT2D eigenvalue weighted by molar-refractivity contribution is -0.131. The van der Waals surface area contributed by atoms with Gasteiger partial charge in [-0.1, -0.05) is 42.5 Å². The van der Waals surface area contributed by atoms with Crippen LogP contribution in [0.4, 0.5) is 4.39 Å². The van der Waals surface area contributed by atoms with Crippen LogP contribution in [0.1, 0.15) is 34.8 Å². The van der Waals surface area contributed by atoms with E-state index in [1.54, 1.807) is 35.4 Å². The number of halogens is 1. The number of carbonyl (C=O) groups is 1. The molecule has 1 atom stereocenters. The molecule has 0 saturated heterocycles. The van der Waals surface area contributed by atoms with Crippen molar-refractivity contribution in [2.45, 2.75) is 25.8 Å². The summed E-state index contributed by atoms with van der Waals surface area (Å²) in [5.74, 6) is -0.276. The molecule has 0 aliphatic rings. The van der Waals surface area contributed by atoms with Crippen LogP contribution in [0.15, 0.2) is 60.0 Å². The number of likely N-dealkylation sites (N-methyl/N-ethyl adjacent to an activating group) is 1. The van der Waals surface area contributed by atoms with Gasteiger partial charge in [0.1, 0.15) is 5.82 Å². The number of hydrogen-bond donors (Lipinski definition) is 0. The van der Waals surface area contributed by atoms with Crippen molar-refractivity contribution in [1.82, 2.24) is 9.88 Å². The summed E-state index contributed by atoms with van der Waals surface area (Å²) in [5, 5.41) is 2.96. The van der Waals surface area contributed by atoms with Crippen LogP contribution in [0.25, 0.3) is 0 Å². The van der Waals surface area contributed by atoms with E-state index in [0.29, 0.717) is 0 Å². The zero-order chi connectivity index (χ0) is 18.5. The van der Waals surface area contributed by atoms with Crippen LogP contribution in [0.2, 0.25) is 0 Å². The lowest BCUT2D eigenvalue weighted by Gasteiger charge is -2.25. The monoisotopic (exact) mass is 368 g/mol. The second-order valence-electron chi connectivity index (χ2n) is 6.30. The number of rotatable bonds is 6. The minimum atomic E-state index is -0.275. The maximum atomic E-state index is 13.1. The van der Waals surface area contributed by atoms with Gasteiger partial charge in [0.05, 0.1) is 23.2 Å². The van der Waals surface area contributed by atoms with Crippen molar-refractivity contribution in [1.29, 1.82) is 0 Å². The quantitative estimate of drug-likeness (QED) is 0.635. The normalized spacial score (nSPS) is 12.0. The first kappa shape index (κ1) is 18.3. The first-order valence-corrected chi connectivity index (χ1v) is 9.39. The number of hydrogen-bond acceptors (Lipinski definition) is 3. The number of aromatic nitrogens is 1. The van der Waals surface area contributed by atoms with Gasteiger partial charge in [-0.25, -0.2) is 9.37 Å². The fourth-order valence-corrected chi connectivity index (χ4v) is 3.57. The van der Waals surface area contributed by atoms with Gasteiger partial charge in [-0.3, -0.25) is 4.79 Å². The third kappa shape index (κ3) is 4.55. The van der Waals surface area contributed by atoms with Crippen LogP contribution in [0.5, 0.6) is 0 Å². The highest BCUT2D eigenvalue weighted by molar-refractivity contribution is 7.09. The molecule has 1 unspecified atom stereocenters. The molecule has 1 aromatic heterocycles. The summed E-state index contributed by atoms with van der Waals surface area (Å²) >= 11 is 1.58. The highest BCUT2D eigenvalue weighted by Crippen LogP contribution is 2.21. The summed E-state index contributed by atoms with van der Waals surface area (Å²) < 4.78 is 13.1. The molecule has 0 saturated carbocycles. The average molecular weight is 368 g/mol. The lowest BCUT2D eigenvalue weighted by Crippen LogP contribution is -2.31. The van der Waals surface area contributed by atoms with Gasteiger partial charge in [-0.2, -0.15) is 0 Å². The molecule has 26 heavy (non-hydrogen) atoms. The first-order chi connectivity index (χ1) is 12.5. The molecular weight excluding hydrogens is 347 g/mol. The molecule has 1 heterocycles. The second kappa shape index (κ2) is 8.23. The SMILES string of the molecule is CC(c1ccc(F)cc1)N(C)C(=O)Cc1csc(Cc2ccccc2)n1. The molecule has 3 nitrogen and oxygen atoms in total. The number of nitrogens with zero attached hydrogens (tertiary/aromatic N) is 2. The third-order valence-electron chi connectivity index (χ3n) is 4.46. The van der Waals surface area contributed by atoms with Gasteiger partial charge in [0.2, 0.25) is 5.91 Å². The van der Waals surface area contributed by atoms with Crippen molar-refractivity contribution in [2.24, 2.45) is 0 Å². The topological polar surface area (TPSA) is 33.2 Å². The van der Waals surface area contributed by atoms with Gasteiger partial charge in [-0.15, -0.1) is 11.3 Å². The lowest BCUT2D eigenvalue weighted by atomic mass is 10.1. The molecule has 3 rings (SSSR count). The molecule has 0 aliphatic carbocycles. The van der Waals surface area contributed by atoms with Crippen LogP contribution in [0.3, 0.4) is 0 Å². The molecule has 0 aliphatic heterocycles. The van der Waals surface area contributed by atoms with E-state index in [0.717, 1.165) is 22.7 Å². The van der Waals surface area contributed by atoms with E-state index < -0.39 is 0 Å². The van der Waals surface area contributed by atoms with E-state index in [1.165, 1.54) is 17.7 Å². The van der Waals surface area contributed by atoms with E-state index in [-0.39, 0.29) is 24.2 Å². The van der Waals surface area contributed by atoms with E-state index >= 15 is 0 Å². The molecule has 0 N–H and O–H groups in total. The third-order valence-corrected chi connectivity index (χ3v) is 5.35. The van der Waals surface area contributed by atoms with E-state index in [9.17, 15) is 9.18 Å². The highest BCUT2D eigenvalue weighted by Gasteiger charge is 2.19. The van der Waals surface area contributed by atoms with Crippen molar-refractivity contribution in [3.8, 4) is 0 Å². The molecule has 3 aromatic rings. The fraction of sp³-hybridized carbons (Fsp3) is 0.238. The number of benzene rings is 2. The number of thiazole rings is 1. The number of carbonyl (C=O) groups excluding carboxylic acids is 1. The summed E-state index contributed by atoms with van der Waals surface area (Å²) in [6.45, 7) is 1.94. The Labute approximate surface area is 157 Å². The predicted octanol–water partition coefficient (Wildman–Crippen LogP) is 4.64. The zero-order valence-electron chi connectivity index (χ0n) is 14.9. The molecule has 0 fully saturated rings. The Morgan fingerprint density at radius 2 is 1.85 bits per heavy atom. The Bertz CT molecular complexity index is 861. The molecule has 5 heteroatoms. The van der Waals surface area contributed by atoms with E-state index in [2.05, 4.69) is 17.1 Å².